The topological polar surface area (TPSA) is 105 Å². The molecular formula is C16H22O8S2. The van der Waals surface area contributed by atoms with Crippen molar-refractivity contribution in [2.45, 2.75) is 62.3 Å². The van der Waals surface area contributed by atoms with Crippen molar-refractivity contribution in [1.82, 2.24) is 0 Å². The minimum absolute atomic E-state index is 0.371. The van der Waals surface area contributed by atoms with Crippen LogP contribution in [0.25, 0.3) is 0 Å². The molecule has 0 N–H and O–H groups in total. The van der Waals surface area contributed by atoms with E-state index in [4.69, 9.17) is 18.9 Å². The highest BCUT2D eigenvalue weighted by atomic mass is 32.2. The predicted molar refractivity (Wildman–Crippen MR) is 93.4 cm³/mol. The number of hydrogen-bond donors (Lipinski definition) is 0. The molecule has 2 aliphatic heterocycles. The van der Waals surface area contributed by atoms with Crippen LogP contribution in [0.1, 0.15) is 48.0 Å². The van der Waals surface area contributed by atoms with Gasteiger partial charge in [-0.3, -0.25) is 19.2 Å². The molecule has 0 aromatic rings. The third kappa shape index (κ3) is 3.40. The summed E-state index contributed by atoms with van der Waals surface area (Å²) >= 11 is 1.72. The number of rotatable bonds is 4. The van der Waals surface area contributed by atoms with Crippen LogP contribution in [0.3, 0.4) is 0 Å². The highest BCUT2D eigenvalue weighted by Crippen LogP contribution is 2.71. The monoisotopic (exact) mass is 406 g/mol. The van der Waals surface area contributed by atoms with Gasteiger partial charge in [0.15, 0.2) is 0 Å². The highest BCUT2D eigenvalue weighted by molar-refractivity contribution is 8.22. The summed E-state index contributed by atoms with van der Waals surface area (Å²) in [7, 11) is 0. The van der Waals surface area contributed by atoms with Crippen LogP contribution < -0.4 is 0 Å². The first-order valence-electron chi connectivity index (χ1n) is 8.11. The van der Waals surface area contributed by atoms with E-state index in [1.54, 1.807) is 27.7 Å². The molecular weight excluding hydrogens is 384 g/mol. The lowest BCUT2D eigenvalue weighted by Crippen LogP contribution is -2.58. The van der Waals surface area contributed by atoms with Gasteiger partial charge in [0.2, 0.25) is 9.87 Å². The van der Waals surface area contributed by atoms with Gasteiger partial charge in [-0.05, 0) is 23.5 Å². The molecule has 0 aromatic carbocycles. The molecule has 2 saturated heterocycles. The molecule has 0 saturated carbocycles. The van der Waals surface area contributed by atoms with E-state index in [0.717, 1.165) is 23.5 Å². The van der Waals surface area contributed by atoms with Crippen molar-refractivity contribution in [3.63, 3.8) is 0 Å². The third-order valence-corrected chi connectivity index (χ3v) is 7.70. The summed E-state index contributed by atoms with van der Waals surface area (Å²) in [4.78, 5) is 44.7. The zero-order valence-corrected chi connectivity index (χ0v) is 17.1. The Hall–Kier alpha value is -1.42. The average Bonchev–Trinajstić information content (AvgIpc) is 2.67. The van der Waals surface area contributed by atoms with Crippen molar-refractivity contribution in [3.8, 4) is 0 Å². The van der Waals surface area contributed by atoms with E-state index in [1.165, 1.54) is 13.8 Å². The summed E-state index contributed by atoms with van der Waals surface area (Å²) in [5.74, 6) is -3.47. The van der Waals surface area contributed by atoms with E-state index in [0.29, 0.717) is 0 Å². The van der Waals surface area contributed by atoms with E-state index in [1.807, 2.05) is 0 Å². The zero-order chi connectivity index (χ0) is 19.9. The summed E-state index contributed by atoms with van der Waals surface area (Å²) in [6.45, 7) is 9.59. The Bertz CT molecular complexity index is 592. The maximum absolute atomic E-state index is 11.9. The molecule has 1 spiro atoms. The summed E-state index contributed by atoms with van der Waals surface area (Å²) in [6.07, 6.45) is -0.507. The largest absolute Gasteiger partial charge is 0.442 e. The van der Waals surface area contributed by atoms with Gasteiger partial charge < -0.3 is 18.9 Å². The molecule has 2 rings (SSSR count). The summed E-state index contributed by atoms with van der Waals surface area (Å²) in [5.41, 5.74) is 0. The van der Waals surface area contributed by atoms with E-state index >= 15 is 0 Å². The first-order chi connectivity index (χ1) is 11.9. The van der Waals surface area contributed by atoms with Crippen molar-refractivity contribution in [1.29, 1.82) is 0 Å². The minimum Gasteiger partial charge on any atom is -0.442 e. The van der Waals surface area contributed by atoms with E-state index < -0.39 is 44.6 Å². The molecule has 2 fully saturated rings. The molecule has 10 heteroatoms. The lowest BCUT2D eigenvalue weighted by molar-refractivity contribution is -0.193. The lowest BCUT2D eigenvalue weighted by atomic mass is 9.91. The van der Waals surface area contributed by atoms with Gasteiger partial charge in [-0.25, -0.2) is 0 Å². The Labute approximate surface area is 160 Å². The Kier molecular flexibility index (Phi) is 5.59. The molecule has 2 unspecified atom stereocenters. The fourth-order valence-corrected chi connectivity index (χ4v) is 7.06. The highest BCUT2D eigenvalue weighted by Gasteiger charge is 2.76. The summed E-state index contributed by atoms with van der Waals surface area (Å²) in [5, 5.41) is 0. The van der Waals surface area contributed by atoms with Crippen LogP contribution in [0, 0.1) is 11.8 Å². The average molecular weight is 406 g/mol. The SMILES string of the molecule is CC(=O)OC1(C(C)C)SC2(OC(=O)CC(=O)O2)SC1(OC(C)=O)C(C)C. The van der Waals surface area contributed by atoms with Crippen LogP contribution in [-0.2, 0) is 38.1 Å². The molecule has 0 aromatic heterocycles. The maximum atomic E-state index is 11.9. The molecule has 0 radical (unpaired) electrons. The second-order valence-corrected chi connectivity index (χ2v) is 9.62. The van der Waals surface area contributed by atoms with E-state index in [2.05, 4.69) is 0 Å². The number of carbonyl (C=O) groups is 4. The van der Waals surface area contributed by atoms with Gasteiger partial charge in [0, 0.05) is 25.7 Å². The Morgan fingerprint density at radius 2 is 1.23 bits per heavy atom. The van der Waals surface area contributed by atoms with E-state index in [-0.39, 0.29) is 11.8 Å². The summed E-state index contributed by atoms with van der Waals surface area (Å²) < 4.78 is 20.2. The van der Waals surface area contributed by atoms with Crippen LogP contribution >= 0.6 is 23.5 Å². The van der Waals surface area contributed by atoms with Gasteiger partial charge in [0.05, 0.1) is 0 Å². The molecule has 2 atom stereocenters. The zero-order valence-electron chi connectivity index (χ0n) is 15.4. The minimum atomic E-state index is -1.80. The second kappa shape index (κ2) is 6.95. The molecule has 26 heavy (non-hydrogen) atoms. The van der Waals surface area contributed by atoms with Gasteiger partial charge in [0.1, 0.15) is 6.42 Å². The first-order valence-corrected chi connectivity index (χ1v) is 9.74. The van der Waals surface area contributed by atoms with Crippen molar-refractivity contribution >= 4 is 47.4 Å². The van der Waals surface area contributed by atoms with Gasteiger partial charge >= 0.3 is 28.3 Å². The van der Waals surface area contributed by atoms with Gasteiger partial charge in [0.25, 0.3) is 0 Å². The molecule has 0 aliphatic carbocycles. The number of esters is 4. The molecule has 0 bridgehead atoms. The van der Waals surface area contributed by atoms with Gasteiger partial charge in [-0.1, -0.05) is 27.7 Å². The Morgan fingerprint density at radius 1 is 0.885 bits per heavy atom. The Balaban J connectivity index is 2.66. The number of thioether (sulfide) groups is 2. The van der Waals surface area contributed by atoms with Crippen LogP contribution in [0.2, 0.25) is 0 Å². The normalized spacial score (nSPS) is 30.3. The van der Waals surface area contributed by atoms with Crippen LogP contribution in [-0.4, -0.2) is 38.2 Å². The van der Waals surface area contributed by atoms with Crippen molar-refractivity contribution < 1.29 is 38.1 Å². The van der Waals surface area contributed by atoms with Crippen LogP contribution in [0.5, 0.6) is 0 Å². The maximum Gasteiger partial charge on any atom is 0.366 e. The smallest absolute Gasteiger partial charge is 0.366 e. The molecule has 146 valence electrons. The summed E-state index contributed by atoms with van der Waals surface area (Å²) in [6, 6.07) is 0. The lowest BCUT2D eigenvalue weighted by Gasteiger charge is -2.45. The molecule has 2 aliphatic rings. The van der Waals surface area contributed by atoms with E-state index in [9.17, 15) is 19.2 Å². The Morgan fingerprint density at radius 3 is 1.50 bits per heavy atom. The van der Waals surface area contributed by atoms with Gasteiger partial charge in [-0.2, -0.15) is 0 Å². The molecule has 2 heterocycles. The van der Waals surface area contributed by atoms with Crippen LogP contribution in [0.4, 0.5) is 0 Å². The molecule has 8 nitrogen and oxygen atoms in total. The quantitative estimate of drug-likeness (QED) is 0.392. The third-order valence-electron chi connectivity index (χ3n) is 3.92. The fraction of sp³-hybridized carbons (Fsp3) is 0.750. The van der Waals surface area contributed by atoms with Crippen molar-refractivity contribution in [3.05, 3.63) is 0 Å². The second-order valence-electron chi connectivity index (χ2n) is 6.66. The number of carbonyl (C=O) groups excluding carboxylic acids is 4. The van der Waals surface area contributed by atoms with Crippen molar-refractivity contribution in [2.75, 3.05) is 0 Å². The number of ether oxygens (including phenoxy) is 4. The predicted octanol–water partition coefficient (Wildman–Crippen LogP) is 2.40. The number of hydrogen-bond acceptors (Lipinski definition) is 10. The fourth-order valence-electron chi connectivity index (χ4n) is 2.99. The molecule has 0 amide bonds. The van der Waals surface area contributed by atoms with Gasteiger partial charge in [-0.15, -0.1) is 0 Å². The van der Waals surface area contributed by atoms with Crippen molar-refractivity contribution in [2.24, 2.45) is 11.8 Å². The van der Waals surface area contributed by atoms with Crippen LogP contribution in [0.15, 0.2) is 0 Å². The standard InChI is InChI=1S/C16H22O8S2/c1-8(2)14(21-10(5)17)15(9(3)4,22-11(6)18)26-16(25-14)23-12(19)7-13(20)24-16/h8-9H,7H2,1-6H3. The first kappa shape index (κ1) is 20.9.